The van der Waals surface area contributed by atoms with E-state index in [-0.39, 0.29) is 25.0 Å². The number of carbonyl (C=O) groups excluding carboxylic acids is 2. The lowest BCUT2D eigenvalue weighted by atomic mass is 10.1. The summed E-state index contributed by atoms with van der Waals surface area (Å²) in [7, 11) is 0. The van der Waals surface area contributed by atoms with Gasteiger partial charge in [0.2, 0.25) is 18.6 Å². The van der Waals surface area contributed by atoms with E-state index in [1.165, 1.54) is 0 Å². The second-order valence-corrected chi connectivity index (χ2v) is 8.25. The lowest BCUT2D eigenvalue weighted by molar-refractivity contribution is -0.124. The summed E-state index contributed by atoms with van der Waals surface area (Å²) in [5.41, 5.74) is 2.22. The number of rotatable bonds is 7. The zero-order valence-electron chi connectivity index (χ0n) is 18.3. The maximum Gasteiger partial charge on any atom is 0.253 e. The molecule has 10 nitrogen and oxygen atoms in total. The van der Waals surface area contributed by atoms with Gasteiger partial charge in [-0.3, -0.25) is 19.1 Å². The van der Waals surface area contributed by atoms with Crippen LogP contribution in [0.3, 0.4) is 0 Å². The molecule has 0 bridgehead atoms. The van der Waals surface area contributed by atoms with Gasteiger partial charge in [0.25, 0.3) is 5.91 Å². The van der Waals surface area contributed by atoms with Gasteiger partial charge in [0.1, 0.15) is 6.04 Å². The number of carbonyl (C=O) groups is 2. The van der Waals surface area contributed by atoms with Crippen molar-refractivity contribution >= 4 is 34.5 Å². The molecular weight excluding hydrogens is 436 g/mol. The van der Waals surface area contributed by atoms with Crippen LogP contribution in [0.4, 0.5) is 11.6 Å². The second-order valence-electron chi connectivity index (χ2n) is 8.25. The molecule has 34 heavy (non-hydrogen) atoms. The molecule has 0 aliphatic carbocycles. The first-order valence-electron chi connectivity index (χ1n) is 11.1. The molecule has 2 aliphatic heterocycles. The van der Waals surface area contributed by atoms with E-state index in [1.54, 1.807) is 35.6 Å². The molecule has 0 saturated carbocycles. The molecule has 0 saturated heterocycles. The van der Waals surface area contributed by atoms with Gasteiger partial charge in [-0.1, -0.05) is 12.1 Å². The zero-order valence-corrected chi connectivity index (χ0v) is 18.3. The van der Waals surface area contributed by atoms with Crippen molar-refractivity contribution in [1.29, 1.82) is 0 Å². The lowest BCUT2D eigenvalue weighted by Gasteiger charge is -2.16. The molecule has 0 unspecified atom stereocenters. The quantitative estimate of drug-likeness (QED) is 0.457. The number of hydrogen-bond acceptors (Lipinski definition) is 6. The molecule has 2 aromatic carbocycles. The molecule has 6 rings (SSSR count). The van der Waals surface area contributed by atoms with Crippen LogP contribution in [0.5, 0.6) is 11.5 Å². The van der Waals surface area contributed by atoms with Gasteiger partial charge in [-0.15, -0.1) is 0 Å². The maximum atomic E-state index is 13.4. The Bertz CT molecular complexity index is 1380. The third kappa shape index (κ3) is 3.53. The summed E-state index contributed by atoms with van der Waals surface area (Å²) >= 11 is 0. The van der Waals surface area contributed by atoms with Crippen LogP contribution in [-0.2, 0) is 16.1 Å². The average Bonchev–Trinajstić information content (AvgIpc) is 3.62. The number of fused-ring (bicyclic) bond motifs is 4. The van der Waals surface area contributed by atoms with Crippen molar-refractivity contribution in [3.8, 4) is 11.5 Å². The SMILES string of the molecule is O=C(C[C@@H]1C(=O)N(CCCn2ccnc2)c2nc3ccccc3n21)Nc1ccc2c(c1)OCO2. The van der Waals surface area contributed by atoms with Crippen LogP contribution in [0.25, 0.3) is 11.0 Å². The molecule has 0 radical (unpaired) electrons. The Kier molecular flexibility index (Phi) is 4.90. The highest BCUT2D eigenvalue weighted by atomic mass is 16.7. The Morgan fingerprint density at radius 1 is 1.12 bits per heavy atom. The first kappa shape index (κ1) is 20.3. The minimum atomic E-state index is -0.662. The molecule has 2 aromatic heterocycles. The van der Waals surface area contributed by atoms with E-state index in [4.69, 9.17) is 14.5 Å². The number of imidazole rings is 2. The molecule has 0 spiro atoms. The topological polar surface area (TPSA) is 104 Å². The Morgan fingerprint density at radius 3 is 2.88 bits per heavy atom. The smallest absolute Gasteiger partial charge is 0.253 e. The fraction of sp³-hybridized carbons (Fsp3) is 0.250. The highest BCUT2D eigenvalue weighted by Crippen LogP contribution is 2.37. The summed E-state index contributed by atoms with van der Waals surface area (Å²) in [5.74, 6) is 1.42. The summed E-state index contributed by atoms with van der Waals surface area (Å²) in [6.07, 6.45) is 6.12. The number of anilines is 2. The molecular formula is C24H22N6O4. The highest BCUT2D eigenvalue weighted by molar-refractivity contribution is 6.05. The number of amides is 2. The first-order valence-corrected chi connectivity index (χ1v) is 11.1. The summed E-state index contributed by atoms with van der Waals surface area (Å²) in [5, 5.41) is 2.88. The lowest BCUT2D eigenvalue weighted by Crippen LogP contribution is -2.32. The molecule has 10 heteroatoms. The fourth-order valence-electron chi connectivity index (χ4n) is 4.50. The van der Waals surface area contributed by atoms with Crippen molar-refractivity contribution < 1.29 is 19.1 Å². The number of para-hydroxylation sites is 2. The Balaban J connectivity index is 1.23. The van der Waals surface area contributed by atoms with Crippen LogP contribution in [0, 0.1) is 0 Å². The minimum Gasteiger partial charge on any atom is -0.454 e. The van der Waals surface area contributed by atoms with Gasteiger partial charge in [-0.25, -0.2) is 9.97 Å². The highest BCUT2D eigenvalue weighted by Gasteiger charge is 2.40. The van der Waals surface area contributed by atoms with E-state index in [0.717, 1.165) is 24.0 Å². The third-order valence-electron chi connectivity index (χ3n) is 6.07. The van der Waals surface area contributed by atoms with E-state index in [9.17, 15) is 9.59 Å². The summed E-state index contributed by atoms with van der Waals surface area (Å²) in [4.78, 5) is 36.8. The fourth-order valence-corrected chi connectivity index (χ4v) is 4.50. The predicted octanol–water partition coefficient (Wildman–Crippen LogP) is 2.97. The van der Waals surface area contributed by atoms with Crippen molar-refractivity contribution in [2.75, 3.05) is 23.6 Å². The van der Waals surface area contributed by atoms with Gasteiger partial charge in [0.15, 0.2) is 11.5 Å². The van der Waals surface area contributed by atoms with Crippen molar-refractivity contribution in [2.45, 2.75) is 25.4 Å². The summed E-state index contributed by atoms with van der Waals surface area (Å²) < 4.78 is 14.6. The predicted molar refractivity (Wildman–Crippen MR) is 124 cm³/mol. The van der Waals surface area contributed by atoms with E-state index >= 15 is 0 Å². The van der Waals surface area contributed by atoms with Crippen molar-refractivity contribution in [3.63, 3.8) is 0 Å². The first-order chi connectivity index (χ1) is 16.7. The molecule has 4 aromatic rings. The molecule has 172 valence electrons. The average molecular weight is 458 g/mol. The number of nitrogens with one attached hydrogen (secondary N) is 1. The Labute approximate surface area is 194 Å². The van der Waals surface area contributed by atoms with Gasteiger partial charge >= 0.3 is 0 Å². The van der Waals surface area contributed by atoms with E-state index < -0.39 is 6.04 Å². The van der Waals surface area contributed by atoms with E-state index in [0.29, 0.717) is 29.7 Å². The van der Waals surface area contributed by atoms with Gasteiger partial charge in [-0.05, 0) is 30.7 Å². The van der Waals surface area contributed by atoms with Crippen molar-refractivity contribution in [1.82, 2.24) is 19.1 Å². The van der Waals surface area contributed by atoms with Gasteiger partial charge < -0.3 is 19.4 Å². The van der Waals surface area contributed by atoms with Crippen LogP contribution < -0.4 is 19.7 Å². The Morgan fingerprint density at radius 2 is 2.00 bits per heavy atom. The second kappa shape index (κ2) is 8.22. The molecule has 2 amide bonds. The van der Waals surface area contributed by atoms with Crippen LogP contribution in [0.2, 0.25) is 0 Å². The molecule has 1 N–H and O–H groups in total. The normalized spacial score (nSPS) is 16.3. The number of aryl methyl sites for hydroxylation is 1. The standard InChI is InChI=1S/C24H22N6O4/c31-22(26-16-6-7-20-21(12-16)34-15-33-20)13-19-23(32)29(10-3-9-28-11-8-25-14-28)24-27-17-4-1-2-5-18(17)30(19)24/h1-2,4-8,11-12,14,19H,3,9-10,13,15H2,(H,26,31)/t19-/m1/s1. The number of hydrogen-bond donors (Lipinski definition) is 1. The van der Waals surface area contributed by atoms with Crippen molar-refractivity contribution in [3.05, 3.63) is 61.2 Å². The molecule has 1 atom stereocenters. The number of benzene rings is 2. The van der Waals surface area contributed by atoms with Gasteiger partial charge in [0, 0.05) is 37.2 Å². The largest absolute Gasteiger partial charge is 0.454 e. The monoisotopic (exact) mass is 458 g/mol. The van der Waals surface area contributed by atoms with Crippen molar-refractivity contribution in [2.24, 2.45) is 0 Å². The van der Waals surface area contributed by atoms with Crippen LogP contribution in [0.1, 0.15) is 18.9 Å². The molecule has 4 heterocycles. The zero-order chi connectivity index (χ0) is 23.1. The van der Waals surface area contributed by atoms with Crippen LogP contribution >= 0.6 is 0 Å². The number of nitrogens with zero attached hydrogens (tertiary/aromatic N) is 5. The van der Waals surface area contributed by atoms with Gasteiger partial charge in [-0.2, -0.15) is 0 Å². The van der Waals surface area contributed by atoms with E-state index in [2.05, 4.69) is 10.3 Å². The van der Waals surface area contributed by atoms with Gasteiger partial charge in [0.05, 0.1) is 23.8 Å². The molecule has 2 aliphatic rings. The summed E-state index contributed by atoms with van der Waals surface area (Å²) in [6, 6.07) is 12.2. The minimum absolute atomic E-state index is 0.00134. The van der Waals surface area contributed by atoms with Crippen LogP contribution in [0.15, 0.2) is 61.2 Å². The summed E-state index contributed by atoms with van der Waals surface area (Å²) in [6.45, 7) is 1.40. The molecule has 0 fully saturated rings. The third-order valence-corrected chi connectivity index (χ3v) is 6.07. The number of ether oxygens (including phenoxy) is 2. The van der Waals surface area contributed by atoms with Crippen LogP contribution in [-0.4, -0.2) is 44.3 Å². The van der Waals surface area contributed by atoms with E-state index in [1.807, 2.05) is 39.6 Å². The Hall–Kier alpha value is -4.34. The number of aromatic nitrogens is 4. The maximum absolute atomic E-state index is 13.4.